The normalized spacial score (nSPS) is 12.0. The minimum absolute atomic E-state index is 0.0194. The highest BCUT2D eigenvalue weighted by Crippen LogP contribution is 2.21. The molecule has 0 spiro atoms. The van der Waals surface area contributed by atoms with E-state index in [9.17, 15) is 4.79 Å². The van der Waals surface area contributed by atoms with E-state index in [1.807, 2.05) is 37.3 Å². The molecule has 0 fully saturated rings. The van der Waals surface area contributed by atoms with Gasteiger partial charge in [-0.2, -0.15) is 0 Å². The standard InChI is InChI=1S/C17H22N2O3/c1-12(11-21-2)19-17(20)18-10-13-4-5-15-9-16(22-3)7-6-14(15)8-13/h4-9,12H,10-11H2,1-3H3,(H2,18,19,20). The second-order valence-corrected chi connectivity index (χ2v) is 5.23. The first-order chi connectivity index (χ1) is 10.6. The van der Waals surface area contributed by atoms with Gasteiger partial charge in [0.2, 0.25) is 0 Å². The van der Waals surface area contributed by atoms with Crippen molar-refractivity contribution in [3.63, 3.8) is 0 Å². The Bertz CT molecular complexity index is 643. The average Bonchev–Trinajstić information content (AvgIpc) is 2.52. The highest BCUT2D eigenvalue weighted by atomic mass is 16.5. The van der Waals surface area contributed by atoms with Gasteiger partial charge in [0.25, 0.3) is 0 Å². The summed E-state index contributed by atoms with van der Waals surface area (Å²) >= 11 is 0. The molecule has 2 rings (SSSR count). The van der Waals surface area contributed by atoms with Crippen molar-refractivity contribution in [3.8, 4) is 5.75 Å². The number of carbonyl (C=O) groups is 1. The van der Waals surface area contributed by atoms with Crippen molar-refractivity contribution in [2.24, 2.45) is 0 Å². The predicted molar refractivity (Wildman–Crippen MR) is 87.2 cm³/mol. The van der Waals surface area contributed by atoms with Crippen LogP contribution in [0, 0.1) is 0 Å². The molecule has 1 unspecified atom stereocenters. The van der Waals surface area contributed by atoms with Crippen LogP contribution in [0.5, 0.6) is 5.75 Å². The summed E-state index contributed by atoms with van der Waals surface area (Å²) in [5, 5.41) is 7.89. The van der Waals surface area contributed by atoms with Crippen molar-refractivity contribution in [3.05, 3.63) is 42.0 Å². The maximum absolute atomic E-state index is 11.8. The number of rotatable bonds is 6. The number of ether oxygens (including phenoxy) is 2. The maximum Gasteiger partial charge on any atom is 0.315 e. The summed E-state index contributed by atoms with van der Waals surface area (Å²) in [5.41, 5.74) is 1.05. The minimum atomic E-state index is -0.195. The van der Waals surface area contributed by atoms with Crippen LogP contribution in [0.3, 0.4) is 0 Å². The van der Waals surface area contributed by atoms with Gasteiger partial charge in [-0.1, -0.05) is 18.2 Å². The van der Waals surface area contributed by atoms with Crippen LogP contribution in [0.15, 0.2) is 36.4 Å². The van der Waals surface area contributed by atoms with Crippen LogP contribution in [0.4, 0.5) is 4.79 Å². The van der Waals surface area contributed by atoms with Gasteiger partial charge >= 0.3 is 6.03 Å². The van der Waals surface area contributed by atoms with E-state index in [0.29, 0.717) is 13.2 Å². The van der Waals surface area contributed by atoms with E-state index >= 15 is 0 Å². The van der Waals surface area contributed by atoms with E-state index in [-0.39, 0.29) is 12.1 Å². The molecule has 22 heavy (non-hydrogen) atoms. The Morgan fingerprint density at radius 2 is 1.86 bits per heavy atom. The van der Waals surface area contributed by atoms with Crippen LogP contribution >= 0.6 is 0 Å². The Hall–Kier alpha value is -2.27. The Balaban J connectivity index is 1.96. The van der Waals surface area contributed by atoms with E-state index in [0.717, 1.165) is 22.1 Å². The van der Waals surface area contributed by atoms with E-state index in [4.69, 9.17) is 9.47 Å². The molecule has 0 radical (unpaired) electrons. The lowest BCUT2D eigenvalue weighted by Crippen LogP contribution is -2.42. The SMILES string of the molecule is COCC(C)NC(=O)NCc1ccc2cc(OC)ccc2c1. The Kier molecular flexibility index (Phi) is 5.61. The smallest absolute Gasteiger partial charge is 0.315 e. The molecule has 0 saturated heterocycles. The second-order valence-electron chi connectivity index (χ2n) is 5.23. The minimum Gasteiger partial charge on any atom is -0.497 e. The van der Waals surface area contributed by atoms with Gasteiger partial charge in [-0.05, 0) is 41.5 Å². The van der Waals surface area contributed by atoms with Gasteiger partial charge in [-0.3, -0.25) is 0 Å². The zero-order chi connectivity index (χ0) is 15.9. The highest BCUT2D eigenvalue weighted by Gasteiger charge is 2.06. The molecule has 5 heteroatoms. The number of amides is 2. The predicted octanol–water partition coefficient (Wildman–Crippen LogP) is 2.68. The Labute approximate surface area is 130 Å². The molecule has 2 aromatic rings. The van der Waals surface area contributed by atoms with E-state index in [1.54, 1.807) is 14.2 Å². The van der Waals surface area contributed by atoms with Crippen molar-refractivity contribution < 1.29 is 14.3 Å². The van der Waals surface area contributed by atoms with Crippen LogP contribution < -0.4 is 15.4 Å². The third-order valence-corrected chi connectivity index (χ3v) is 3.36. The lowest BCUT2D eigenvalue weighted by Gasteiger charge is -2.13. The number of fused-ring (bicyclic) bond motifs is 1. The summed E-state index contributed by atoms with van der Waals surface area (Å²) in [7, 11) is 3.27. The molecule has 0 heterocycles. The van der Waals surface area contributed by atoms with Gasteiger partial charge < -0.3 is 20.1 Å². The third-order valence-electron chi connectivity index (χ3n) is 3.36. The summed E-state index contributed by atoms with van der Waals surface area (Å²) in [6.45, 7) is 2.87. The monoisotopic (exact) mass is 302 g/mol. The summed E-state index contributed by atoms with van der Waals surface area (Å²) in [4.78, 5) is 11.8. The molecule has 2 aromatic carbocycles. The number of hydrogen-bond donors (Lipinski definition) is 2. The fourth-order valence-electron chi connectivity index (χ4n) is 2.26. The molecular formula is C17H22N2O3. The van der Waals surface area contributed by atoms with Crippen molar-refractivity contribution >= 4 is 16.8 Å². The fraction of sp³-hybridized carbons (Fsp3) is 0.353. The molecule has 0 aliphatic rings. The first kappa shape index (κ1) is 16.1. The molecule has 0 aliphatic carbocycles. The summed E-state index contributed by atoms with van der Waals surface area (Å²) < 4.78 is 10.2. The van der Waals surface area contributed by atoms with Crippen molar-refractivity contribution in [1.29, 1.82) is 0 Å². The Morgan fingerprint density at radius 1 is 1.14 bits per heavy atom. The topological polar surface area (TPSA) is 59.6 Å². The number of nitrogens with one attached hydrogen (secondary N) is 2. The quantitative estimate of drug-likeness (QED) is 0.862. The van der Waals surface area contributed by atoms with E-state index < -0.39 is 0 Å². The van der Waals surface area contributed by atoms with Gasteiger partial charge in [-0.25, -0.2) is 4.79 Å². The Morgan fingerprint density at radius 3 is 2.59 bits per heavy atom. The zero-order valence-electron chi connectivity index (χ0n) is 13.2. The lowest BCUT2D eigenvalue weighted by molar-refractivity contribution is 0.171. The van der Waals surface area contributed by atoms with Crippen LogP contribution in [-0.2, 0) is 11.3 Å². The molecule has 0 bridgehead atoms. The highest BCUT2D eigenvalue weighted by molar-refractivity contribution is 5.84. The maximum atomic E-state index is 11.8. The molecular weight excluding hydrogens is 280 g/mol. The van der Waals surface area contributed by atoms with Gasteiger partial charge in [0, 0.05) is 13.7 Å². The van der Waals surface area contributed by atoms with Gasteiger partial charge in [-0.15, -0.1) is 0 Å². The van der Waals surface area contributed by atoms with Gasteiger partial charge in [0.05, 0.1) is 19.8 Å². The molecule has 5 nitrogen and oxygen atoms in total. The van der Waals surface area contributed by atoms with Gasteiger partial charge in [0.1, 0.15) is 5.75 Å². The number of benzene rings is 2. The number of carbonyl (C=O) groups excluding carboxylic acids is 1. The first-order valence-electron chi connectivity index (χ1n) is 7.22. The number of methoxy groups -OCH3 is 2. The van der Waals surface area contributed by atoms with E-state index in [1.165, 1.54) is 0 Å². The van der Waals surface area contributed by atoms with Crippen molar-refractivity contribution in [1.82, 2.24) is 10.6 Å². The van der Waals surface area contributed by atoms with E-state index in [2.05, 4.69) is 16.7 Å². The van der Waals surface area contributed by atoms with Crippen molar-refractivity contribution in [2.75, 3.05) is 20.8 Å². The van der Waals surface area contributed by atoms with Gasteiger partial charge in [0.15, 0.2) is 0 Å². The first-order valence-corrected chi connectivity index (χ1v) is 7.22. The lowest BCUT2D eigenvalue weighted by atomic mass is 10.1. The molecule has 1 atom stereocenters. The number of urea groups is 1. The zero-order valence-corrected chi connectivity index (χ0v) is 13.2. The average molecular weight is 302 g/mol. The second kappa shape index (κ2) is 7.66. The third kappa shape index (κ3) is 4.36. The summed E-state index contributed by atoms with van der Waals surface area (Å²) in [5.74, 6) is 0.838. The largest absolute Gasteiger partial charge is 0.497 e. The van der Waals surface area contributed by atoms with Crippen molar-refractivity contribution in [2.45, 2.75) is 19.5 Å². The molecule has 118 valence electrons. The summed E-state index contributed by atoms with van der Waals surface area (Å²) in [6, 6.07) is 11.8. The van der Waals surface area contributed by atoms with Crippen LogP contribution in [-0.4, -0.2) is 32.9 Å². The molecule has 0 aromatic heterocycles. The molecule has 0 aliphatic heterocycles. The van der Waals surface area contributed by atoms with Crippen LogP contribution in [0.25, 0.3) is 10.8 Å². The fourth-order valence-corrected chi connectivity index (χ4v) is 2.26. The molecule has 2 N–H and O–H groups in total. The molecule has 2 amide bonds. The molecule has 0 saturated carbocycles. The number of hydrogen-bond acceptors (Lipinski definition) is 3. The van der Waals surface area contributed by atoms with Crippen LogP contribution in [0.2, 0.25) is 0 Å². The van der Waals surface area contributed by atoms with Crippen LogP contribution in [0.1, 0.15) is 12.5 Å². The summed E-state index contributed by atoms with van der Waals surface area (Å²) in [6.07, 6.45) is 0.